The van der Waals surface area contributed by atoms with Crippen molar-refractivity contribution in [3.8, 4) is 0 Å². The van der Waals surface area contributed by atoms with Crippen LogP contribution in [0.1, 0.15) is 226 Å². The second kappa shape index (κ2) is 38.8. The van der Waals surface area contributed by atoms with Crippen molar-refractivity contribution in [3.63, 3.8) is 0 Å². The third kappa shape index (κ3) is 36.2. The molecule has 0 aliphatic carbocycles. The molecule has 5 heteroatoms. The van der Waals surface area contributed by atoms with Crippen molar-refractivity contribution >= 4 is 5.97 Å². The van der Waals surface area contributed by atoms with Gasteiger partial charge in [0.2, 0.25) is 0 Å². The predicted molar refractivity (Wildman–Crippen MR) is 199 cm³/mol. The van der Waals surface area contributed by atoms with Crippen LogP contribution in [0.15, 0.2) is 0 Å². The van der Waals surface area contributed by atoms with Crippen molar-refractivity contribution in [2.45, 2.75) is 232 Å². The molecule has 0 aromatic carbocycles. The summed E-state index contributed by atoms with van der Waals surface area (Å²) in [6.07, 6.45) is 39.8. The number of esters is 1. The monoisotopic (exact) mass is 654 g/mol. The van der Waals surface area contributed by atoms with Crippen LogP contribution in [0.3, 0.4) is 0 Å². The Labute approximate surface area is 288 Å². The smallest absolute Gasteiger partial charge is 0.305 e. The molecule has 1 N–H and O–H groups in total. The third-order valence-electron chi connectivity index (χ3n) is 9.48. The van der Waals surface area contributed by atoms with E-state index < -0.39 is 0 Å². The van der Waals surface area contributed by atoms with Crippen LogP contribution in [0.4, 0.5) is 0 Å². The van der Waals surface area contributed by atoms with Gasteiger partial charge in [-0.2, -0.15) is 5.06 Å². The van der Waals surface area contributed by atoms with E-state index in [0.717, 1.165) is 64.6 Å². The van der Waals surface area contributed by atoms with E-state index in [1.54, 1.807) is 0 Å². The summed E-state index contributed by atoms with van der Waals surface area (Å²) >= 11 is 0. The molecule has 0 saturated carbocycles. The fourth-order valence-electron chi connectivity index (χ4n) is 6.32. The van der Waals surface area contributed by atoms with Crippen molar-refractivity contribution in [2.75, 3.05) is 26.3 Å². The minimum Gasteiger partial charge on any atom is -0.466 e. The maximum Gasteiger partial charge on any atom is 0.305 e. The SMILES string of the molecule is CCCCCCCCCOC(=O)CCCCCCCN(O)CCCCCCCCCOC(CCCCCC)CCCCCCCC. The third-order valence-corrected chi connectivity index (χ3v) is 9.48. The fourth-order valence-corrected chi connectivity index (χ4v) is 6.32. The highest BCUT2D eigenvalue weighted by atomic mass is 16.5. The van der Waals surface area contributed by atoms with Gasteiger partial charge in [-0.15, -0.1) is 0 Å². The summed E-state index contributed by atoms with van der Waals surface area (Å²) in [7, 11) is 0. The van der Waals surface area contributed by atoms with Crippen LogP contribution in [0.25, 0.3) is 0 Å². The molecule has 0 aliphatic heterocycles. The quantitative estimate of drug-likeness (QED) is 0.0406. The van der Waals surface area contributed by atoms with Crippen molar-refractivity contribution in [3.05, 3.63) is 0 Å². The lowest BCUT2D eigenvalue weighted by Gasteiger charge is -2.18. The van der Waals surface area contributed by atoms with Gasteiger partial charge in [-0.05, 0) is 44.9 Å². The Kier molecular flexibility index (Phi) is 38.2. The predicted octanol–water partition coefficient (Wildman–Crippen LogP) is 13.1. The minimum absolute atomic E-state index is 0.0303. The topological polar surface area (TPSA) is 59.0 Å². The lowest BCUT2D eigenvalue weighted by Crippen LogP contribution is -2.21. The zero-order valence-electron chi connectivity index (χ0n) is 31.7. The number of ether oxygens (including phenoxy) is 2. The van der Waals surface area contributed by atoms with Crippen LogP contribution in [0, 0.1) is 0 Å². The van der Waals surface area contributed by atoms with Gasteiger partial charge in [-0.25, -0.2) is 0 Å². The number of unbranched alkanes of at least 4 members (excludes halogenated alkanes) is 24. The van der Waals surface area contributed by atoms with Gasteiger partial charge in [-0.1, -0.05) is 175 Å². The molecule has 0 radical (unpaired) electrons. The van der Waals surface area contributed by atoms with Gasteiger partial charge < -0.3 is 14.7 Å². The Bertz CT molecular complexity index is 587. The summed E-state index contributed by atoms with van der Waals surface area (Å²) in [6, 6.07) is 0. The van der Waals surface area contributed by atoms with Crippen LogP contribution in [-0.4, -0.2) is 48.6 Å². The lowest BCUT2D eigenvalue weighted by molar-refractivity contribution is -0.143. The first kappa shape index (κ1) is 45.3. The molecule has 5 nitrogen and oxygen atoms in total. The molecule has 0 amide bonds. The first-order valence-corrected chi connectivity index (χ1v) is 20.8. The molecule has 276 valence electrons. The Morgan fingerprint density at radius 1 is 0.478 bits per heavy atom. The average molecular weight is 654 g/mol. The molecule has 0 saturated heterocycles. The van der Waals surface area contributed by atoms with Gasteiger partial charge in [0.15, 0.2) is 0 Å². The highest BCUT2D eigenvalue weighted by Crippen LogP contribution is 2.17. The van der Waals surface area contributed by atoms with E-state index in [0.29, 0.717) is 19.1 Å². The van der Waals surface area contributed by atoms with E-state index in [2.05, 4.69) is 20.8 Å². The molecule has 1 unspecified atom stereocenters. The molecular formula is C41H83NO4. The zero-order valence-corrected chi connectivity index (χ0v) is 31.7. The van der Waals surface area contributed by atoms with Crippen LogP contribution < -0.4 is 0 Å². The molecule has 0 aliphatic rings. The number of nitrogens with zero attached hydrogens (tertiary/aromatic N) is 1. The summed E-state index contributed by atoms with van der Waals surface area (Å²) in [5.74, 6) is -0.0303. The van der Waals surface area contributed by atoms with Gasteiger partial charge in [0.1, 0.15) is 0 Å². The Morgan fingerprint density at radius 3 is 1.35 bits per heavy atom. The second-order valence-corrected chi connectivity index (χ2v) is 14.2. The van der Waals surface area contributed by atoms with Gasteiger partial charge in [0.25, 0.3) is 0 Å². The molecular weight excluding hydrogens is 570 g/mol. The highest BCUT2D eigenvalue weighted by Gasteiger charge is 2.09. The largest absolute Gasteiger partial charge is 0.466 e. The van der Waals surface area contributed by atoms with Crippen molar-refractivity contribution in [1.29, 1.82) is 0 Å². The summed E-state index contributed by atoms with van der Waals surface area (Å²) in [6.45, 7) is 9.91. The number of hydrogen-bond acceptors (Lipinski definition) is 5. The molecule has 1 atom stereocenters. The van der Waals surface area contributed by atoms with Gasteiger partial charge in [-0.3, -0.25) is 4.79 Å². The number of carbonyl (C=O) groups is 1. The Morgan fingerprint density at radius 2 is 0.848 bits per heavy atom. The minimum atomic E-state index is -0.0303. The number of hydrogen-bond donors (Lipinski definition) is 1. The molecule has 0 bridgehead atoms. The second-order valence-electron chi connectivity index (χ2n) is 14.2. The van der Waals surface area contributed by atoms with Crippen molar-refractivity contribution in [2.24, 2.45) is 0 Å². The van der Waals surface area contributed by atoms with Crippen LogP contribution in [-0.2, 0) is 14.3 Å². The van der Waals surface area contributed by atoms with E-state index in [1.807, 2.05) is 0 Å². The number of carbonyl (C=O) groups excluding carboxylic acids is 1. The average Bonchev–Trinajstić information content (AvgIpc) is 3.05. The van der Waals surface area contributed by atoms with Gasteiger partial charge in [0, 0.05) is 26.1 Å². The maximum atomic E-state index is 11.9. The first-order chi connectivity index (χ1) is 22.6. The highest BCUT2D eigenvalue weighted by molar-refractivity contribution is 5.69. The molecule has 0 aromatic rings. The van der Waals surface area contributed by atoms with Crippen LogP contribution >= 0.6 is 0 Å². The molecule has 0 rings (SSSR count). The zero-order chi connectivity index (χ0) is 33.6. The standard InChI is InChI=1S/C41H83NO4/c1-4-7-10-13-17-25-32-39-46-41(43)35-28-21-19-23-30-37-42(44)36-29-22-16-15-18-24-31-38-45-40(33-26-12-9-6-3)34-27-20-14-11-8-5-2/h40,44H,4-39H2,1-3H3. The molecule has 46 heavy (non-hydrogen) atoms. The summed E-state index contributed by atoms with van der Waals surface area (Å²) in [5.41, 5.74) is 0. The van der Waals surface area contributed by atoms with Crippen molar-refractivity contribution < 1.29 is 19.5 Å². The van der Waals surface area contributed by atoms with E-state index in [9.17, 15) is 10.0 Å². The maximum absolute atomic E-state index is 11.9. The van der Waals surface area contributed by atoms with E-state index in [-0.39, 0.29) is 5.97 Å². The number of rotatable bonds is 39. The van der Waals surface area contributed by atoms with Gasteiger partial charge in [0.05, 0.1) is 12.7 Å². The summed E-state index contributed by atoms with van der Waals surface area (Å²) in [4.78, 5) is 11.9. The van der Waals surface area contributed by atoms with Crippen LogP contribution in [0.5, 0.6) is 0 Å². The molecule has 0 heterocycles. The molecule has 0 aromatic heterocycles. The molecule has 0 fully saturated rings. The normalized spacial score (nSPS) is 12.3. The van der Waals surface area contributed by atoms with Crippen LogP contribution in [0.2, 0.25) is 0 Å². The van der Waals surface area contributed by atoms with E-state index in [1.165, 1.54) is 159 Å². The fraction of sp³-hybridized carbons (Fsp3) is 0.976. The Hall–Kier alpha value is -0.650. The molecule has 0 spiro atoms. The van der Waals surface area contributed by atoms with E-state index in [4.69, 9.17) is 9.47 Å². The number of hydroxylamine groups is 2. The summed E-state index contributed by atoms with van der Waals surface area (Å²) in [5, 5.41) is 11.7. The summed E-state index contributed by atoms with van der Waals surface area (Å²) < 4.78 is 11.7. The van der Waals surface area contributed by atoms with E-state index >= 15 is 0 Å². The van der Waals surface area contributed by atoms with Gasteiger partial charge >= 0.3 is 5.97 Å². The van der Waals surface area contributed by atoms with Crippen molar-refractivity contribution in [1.82, 2.24) is 5.06 Å². The first-order valence-electron chi connectivity index (χ1n) is 20.8. The Balaban J connectivity index is 3.55. The lowest BCUT2D eigenvalue weighted by atomic mass is 10.0.